The number of fused-ring (bicyclic) bond motifs is 1. The van der Waals surface area contributed by atoms with Gasteiger partial charge < -0.3 is 14.5 Å². The van der Waals surface area contributed by atoms with E-state index in [-0.39, 0.29) is 17.8 Å². The highest BCUT2D eigenvalue weighted by Crippen LogP contribution is 2.29. The molecule has 1 atom stereocenters. The normalized spacial score (nSPS) is 19.6. The van der Waals surface area contributed by atoms with Gasteiger partial charge in [0, 0.05) is 26.6 Å². The van der Waals surface area contributed by atoms with Crippen molar-refractivity contribution in [3.63, 3.8) is 0 Å². The molecule has 1 saturated heterocycles. The van der Waals surface area contributed by atoms with Gasteiger partial charge in [0.15, 0.2) is 6.10 Å². The Bertz CT molecular complexity index is 823. The monoisotopic (exact) mass is 396 g/mol. The number of nitrogens with zero attached hydrogens (tertiary/aromatic N) is 2. The van der Waals surface area contributed by atoms with E-state index in [9.17, 15) is 9.18 Å². The van der Waals surface area contributed by atoms with E-state index in [1.54, 1.807) is 12.1 Å². The molecule has 29 heavy (non-hydrogen) atoms. The molecule has 2 heterocycles. The Labute approximate surface area is 172 Å². The first-order valence-electron chi connectivity index (χ1n) is 10.5. The van der Waals surface area contributed by atoms with Crippen LogP contribution in [0.4, 0.5) is 4.39 Å². The molecule has 1 fully saturated rings. The maximum atomic E-state index is 13.3. The summed E-state index contributed by atoms with van der Waals surface area (Å²) < 4.78 is 19.2. The van der Waals surface area contributed by atoms with E-state index in [1.165, 1.54) is 6.07 Å². The number of benzene rings is 2. The van der Waals surface area contributed by atoms with Crippen LogP contribution in [-0.4, -0.2) is 55.0 Å². The van der Waals surface area contributed by atoms with E-state index in [2.05, 4.69) is 4.90 Å². The minimum Gasteiger partial charge on any atom is -0.480 e. The Kier molecular flexibility index (Phi) is 6.14. The minimum atomic E-state index is -0.385. The van der Waals surface area contributed by atoms with E-state index < -0.39 is 0 Å². The molecular weight excluding hydrogens is 367 g/mol. The van der Waals surface area contributed by atoms with Gasteiger partial charge in [0.05, 0.1) is 0 Å². The Balaban J connectivity index is 1.20. The van der Waals surface area contributed by atoms with Crippen LogP contribution in [0, 0.1) is 11.7 Å². The maximum Gasteiger partial charge on any atom is 0.263 e. The van der Waals surface area contributed by atoms with E-state index in [4.69, 9.17) is 4.74 Å². The summed E-state index contributed by atoms with van der Waals surface area (Å²) in [6, 6.07) is 14.8. The zero-order chi connectivity index (χ0) is 20.2. The zero-order valence-corrected chi connectivity index (χ0v) is 17.0. The van der Waals surface area contributed by atoms with Crippen molar-refractivity contribution in [3.05, 3.63) is 65.5 Å². The second kappa shape index (κ2) is 8.95. The van der Waals surface area contributed by atoms with Gasteiger partial charge in [-0.15, -0.1) is 0 Å². The second-order valence-electron chi connectivity index (χ2n) is 8.30. The van der Waals surface area contributed by atoms with E-state index >= 15 is 0 Å². The van der Waals surface area contributed by atoms with Crippen LogP contribution in [0.25, 0.3) is 0 Å². The van der Waals surface area contributed by atoms with Crippen molar-refractivity contribution in [1.82, 2.24) is 9.80 Å². The van der Waals surface area contributed by atoms with Gasteiger partial charge in [0.25, 0.3) is 5.91 Å². The van der Waals surface area contributed by atoms with Crippen molar-refractivity contribution < 1.29 is 13.9 Å². The smallest absolute Gasteiger partial charge is 0.263 e. The van der Waals surface area contributed by atoms with Crippen molar-refractivity contribution in [3.8, 4) is 5.75 Å². The fourth-order valence-corrected chi connectivity index (χ4v) is 4.42. The Morgan fingerprint density at radius 3 is 2.72 bits per heavy atom. The van der Waals surface area contributed by atoms with Gasteiger partial charge in [0.1, 0.15) is 11.6 Å². The third-order valence-electron chi connectivity index (χ3n) is 6.14. The van der Waals surface area contributed by atoms with Crippen LogP contribution in [0.5, 0.6) is 5.75 Å². The number of hydrogen-bond donors (Lipinski definition) is 0. The predicted octanol–water partition coefficient (Wildman–Crippen LogP) is 3.54. The van der Waals surface area contributed by atoms with Gasteiger partial charge >= 0.3 is 0 Å². The number of para-hydroxylation sites is 1. The van der Waals surface area contributed by atoms with E-state index in [0.717, 1.165) is 62.3 Å². The summed E-state index contributed by atoms with van der Waals surface area (Å²) in [5.41, 5.74) is 2.17. The molecular formula is C24H29FN2O2. The Morgan fingerprint density at radius 1 is 1.17 bits per heavy atom. The average molecular weight is 397 g/mol. The molecule has 4 rings (SSSR count). The lowest BCUT2D eigenvalue weighted by atomic mass is 9.95. The fraction of sp³-hybridized carbons (Fsp3) is 0.458. The first-order valence-corrected chi connectivity index (χ1v) is 10.5. The van der Waals surface area contributed by atoms with Gasteiger partial charge in [-0.1, -0.05) is 30.3 Å². The summed E-state index contributed by atoms with van der Waals surface area (Å²) in [5.74, 6) is 1.28. The lowest BCUT2D eigenvalue weighted by Crippen LogP contribution is -2.44. The molecule has 2 aromatic rings. The number of hydrogen-bond acceptors (Lipinski definition) is 3. The van der Waals surface area contributed by atoms with Crippen molar-refractivity contribution >= 4 is 5.91 Å². The van der Waals surface area contributed by atoms with Gasteiger partial charge in [-0.25, -0.2) is 4.39 Å². The third kappa shape index (κ3) is 4.96. The maximum absolute atomic E-state index is 13.3. The molecule has 0 aliphatic carbocycles. The van der Waals surface area contributed by atoms with E-state index in [1.807, 2.05) is 42.3 Å². The first-order chi connectivity index (χ1) is 14.1. The molecule has 0 saturated carbocycles. The van der Waals surface area contributed by atoms with Crippen LogP contribution in [0.2, 0.25) is 0 Å². The zero-order valence-electron chi connectivity index (χ0n) is 17.0. The lowest BCUT2D eigenvalue weighted by molar-refractivity contribution is -0.137. The van der Waals surface area contributed by atoms with Gasteiger partial charge in [-0.2, -0.15) is 0 Å². The van der Waals surface area contributed by atoms with Gasteiger partial charge in [0.2, 0.25) is 0 Å². The van der Waals surface area contributed by atoms with Crippen LogP contribution in [0.15, 0.2) is 48.5 Å². The van der Waals surface area contributed by atoms with Crippen molar-refractivity contribution in [2.24, 2.45) is 5.92 Å². The Hall–Kier alpha value is -2.40. The number of amides is 1. The van der Waals surface area contributed by atoms with Crippen molar-refractivity contribution in [1.29, 1.82) is 0 Å². The lowest BCUT2D eigenvalue weighted by Gasteiger charge is -2.34. The van der Waals surface area contributed by atoms with Crippen molar-refractivity contribution in [2.75, 3.05) is 33.2 Å². The number of ether oxygens (including phenoxy) is 1. The molecule has 4 nitrogen and oxygen atoms in total. The number of carbonyl (C=O) groups excluding carboxylic acids is 1. The molecule has 0 spiro atoms. The molecule has 2 aliphatic heterocycles. The van der Waals surface area contributed by atoms with Gasteiger partial charge in [-0.05, 0) is 67.6 Å². The molecule has 154 valence electrons. The molecule has 0 radical (unpaired) electrons. The van der Waals surface area contributed by atoms with Crippen LogP contribution >= 0.6 is 0 Å². The molecule has 0 unspecified atom stereocenters. The topological polar surface area (TPSA) is 32.8 Å². The molecule has 0 bridgehead atoms. The summed E-state index contributed by atoms with van der Waals surface area (Å²) >= 11 is 0. The first kappa shape index (κ1) is 19.9. The number of likely N-dealkylation sites (tertiary alicyclic amines) is 1. The molecule has 0 aromatic heterocycles. The number of rotatable bonds is 6. The largest absolute Gasteiger partial charge is 0.480 e. The van der Waals surface area contributed by atoms with Crippen LogP contribution in [0.3, 0.4) is 0 Å². The van der Waals surface area contributed by atoms with Crippen LogP contribution < -0.4 is 4.74 Å². The van der Waals surface area contributed by atoms with Crippen LogP contribution in [0.1, 0.15) is 24.0 Å². The number of piperidine rings is 1. The summed E-state index contributed by atoms with van der Waals surface area (Å²) in [6.07, 6.45) is 3.33. The summed E-state index contributed by atoms with van der Waals surface area (Å²) in [6.45, 7) is 3.81. The SMILES string of the molecule is CN(CC1CCN(CCc2cccc(F)c2)CC1)C(=O)[C@H]1Cc2ccccc2O1. The Morgan fingerprint density at radius 2 is 1.97 bits per heavy atom. The highest BCUT2D eigenvalue weighted by Gasteiger charge is 2.32. The third-order valence-corrected chi connectivity index (χ3v) is 6.14. The van der Waals surface area contributed by atoms with E-state index in [0.29, 0.717) is 12.3 Å². The molecule has 5 heteroatoms. The molecule has 0 N–H and O–H groups in total. The number of likely N-dealkylation sites (N-methyl/N-ethyl adjacent to an activating group) is 1. The summed E-state index contributed by atoms with van der Waals surface area (Å²) in [4.78, 5) is 17.1. The van der Waals surface area contributed by atoms with Crippen LogP contribution in [-0.2, 0) is 17.6 Å². The highest BCUT2D eigenvalue weighted by atomic mass is 19.1. The fourth-order valence-electron chi connectivity index (χ4n) is 4.42. The number of carbonyl (C=O) groups is 1. The predicted molar refractivity (Wildman–Crippen MR) is 111 cm³/mol. The molecule has 1 amide bonds. The van der Waals surface area contributed by atoms with Crippen molar-refractivity contribution in [2.45, 2.75) is 31.8 Å². The summed E-state index contributed by atoms with van der Waals surface area (Å²) in [5, 5.41) is 0. The summed E-state index contributed by atoms with van der Waals surface area (Å²) in [7, 11) is 1.89. The van der Waals surface area contributed by atoms with Gasteiger partial charge in [-0.3, -0.25) is 4.79 Å². The standard InChI is InChI=1S/C24H29FN2O2/c1-26(24(28)23-16-20-6-2-3-8-22(20)29-23)17-19-10-13-27(14-11-19)12-9-18-5-4-7-21(25)15-18/h2-8,15,19,23H,9-14,16-17H2,1H3/t23-/m1/s1. The minimum absolute atomic E-state index is 0.0785. The number of halogens is 1. The second-order valence-corrected chi connectivity index (χ2v) is 8.30. The highest BCUT2D eigenvalue weighted by molar-refractivity contribution is 5.82. The quantitative estimate of drug-likeness (QED) is 0.749. The average Bonchev–Trinajstić information content (AvgIpc) is 3.17. The molecule has 2 aromatic carbocycles. The molecule has 2 aliphatic rings.